The van der Waals surface area contributed by atoms with Gasteiger partial charge in [0, 0.05) is 19.3 Å². The summed E-state index contributed by atoms with van der Waals surface area (Å²) >= 11 is 0. The third-order valence-electron chi connectivity index (χ3n) is 12.6. The first-order chi connectivity index (χ1) is 30.0. The summed E-state index contributed by atoms with van der Waals surface area (Å²) in [5.74, 6) is -0.838. The number of hydrogen-bond acceptors (Lipinski definition) is 6. The third-order valence-corrected chi connectivity index (χ3v) is 12.6. The summed E-state index contributed by atoms with van der Waals surface area (Å²) in [6, 6.07) is 0. The Labute approximate surface area is 380 Å². The van der Waals surface area contributed by atoms with E-state index in [2.05, 4.69) is 20.8 Å². The monoisotopic (exact) mass is 863 g/mol. The molecule has 0 aromatic rings. The fourth-order valence-corrected chi connectivity index (χ4v) is 8.45. The molecule has 0 rings (SSSR count). The number of esters is 3. The van der Waals surface area contributed by atoms with E-state index >= 15 is 0 Å². The van der Waals surface area contributed by atoms with E-state index in [1.165, 1.54) is 218 Å². The van der Waals surface area contributed by atoms with Gasteiger partial charge < -0.3 is 14.2 Å². The van der Waals surface area contributed by atoms with Gasteiger partial charge in [-0.05, 0) is 19.3 Å². The molecule has 0 aliphatic rings. The lowest BCUT2D eigenvalue weighted by atomic mass is 10.0. The van der Waals surface area contributed by atoms with E-state index in [0.29, 0.717) is 19.3 Å². The maximum atomic E-state index is 12.8. The topological polar surface area (TPSA) is 78.9 Å². The van der Waals surface area contributed by atoms with Crippen LogP contribution < -0.4 is 0 Å². The molecule has 0 fully saturated rings. The Balaban J connectivity index is 4.23. The molecule has 0 aromatic carbocycles. The van der Waals surface area contributed by atoms with Crippen LogP contribution in [-0.4, -0.2) is 37.2 Å². The Hall–Kier alpha value is -1.59. The van der Waals surface area contributed by atoms with Crippen LogP contribution in [0.3, 0.4) is 0 Å². The van der Waals surface area contributed by atoms with E-state index in [4.69, 9.17) is 14.2 Å². The summed E-state index contributed by atoms with van der Waals surface area (Å²) < 4.78 is 16.8. The van der Waals surface area contributed by atoms with Gasteiger partial charge in [0.15, 0.2) is 6.10 Å². The lowest BCUT2D eigenvalue weighted by molar-refractivity contribution is -0.167. The van der Waals surface area contributed by atoms with Crippen LogP contribution in [0.4, 0.5) is 0 Å². The molecule has 0 saturated carbocycles. The van der Waals surface area contributed by atoms with Gasteiger partial charge in [-0.3, -0.25) is 14.4 Å². The first-order valence-corrected chi connectivity index (χ1v) is 27.5. The molecule has 0 spiro atoms. The molecule has 0 unspecified atom stereocenters. The van der Waals surface area contributed by atoms with Gasteiger partial charge in [0.05, 0.1) is 0 Å². The molecule has 0 heterocycles. The highest BCUT2D eigenvalue weighted by molar-refractivity contribution is 5.71. The maximum Gasteiger partial charge on any atom is 0.306 e. The first kappa shape index (κ1) is 59.4. The zero-order valence-electron chi connectivity index (χ0n) is 41.5. The van der Waals surface area contributed by atoms with Crippen molar-refractivity contribution in [2.45, 2.75) is 322 Å². The minimum atomic E-state index is -0.759. The Kier molecular flexibility index (Phi) is 49.7. The molecule has 0 N–H and O–H groups in total. The van der Waals surface area contributed by atoms with Crippen molar-refractivity contribution >= 4 is 17.9 Å². The number of rotatable bonds is 51. The van der Waals surface area contributed by atoms with Crippen LogP contribution in [-0.2, 0) is 28.6 Å². The van der Waals surface area contributed by atoms with E-state index in [0.717, 1.165) is 57.8 Å². The molecule has 0 aliphatic carbocycles. The second kappa shape index (κ2) is 51.0. The number of hydrogen-bond donors (Lipinski definition) is 0. The second-order valence-electron chi connectivity index (χ2n) is 18.9. The smallest absolute Gasteiger partial charge is 0.306 e. The Bertz CT molecular complexity index is 905. The molecule has 0 bridgehead atoms. The Morgan fingerprint density at radius 2 is 0.443 bits per heavy atom. The van der Waals surface area contributed by atoms with Gasteiger partial charge in [0.1, 0.15) is 13.2 Å². The fraction of sp³-hybridized carbons (Fsp3) is 0.945. The van der Waals surface area contributed by atoms with E-state index in [1.54, 1.807) is 0 Å². The van der Waals surface area contributed by atoms with Crippen LogP contribution in [0, 0.1) is 0 Å². The number of unbranched alkanes of at least 4 members (excludes halogenated alkanes) is 40. The fourth-order valence-electron chi connectivity index (χ4n) is 8.45. The summed E-state index contributed by atoms with van der Waals surface area (Å²) in [7, 11) is 0. The molecule has 0 saturated heterocycles. The van der Waals surface area contributed by atoms with Crippen LogP contribution in [0.2, 0.25) is 0 Å². The van der Waals surface area contributed by atoms with Gasteiger partial charge >= 0.3 is 17.9 Å². The predicted octanol–water partition coefficient (Wildman–Crippen LogP) is 18.0. The molecule has 61 heavy (non-hydrogen) atoms. The van der Waals surface area contributed by atoms with Gasteiger partial charge in [-0.25, -0.2) is 0 Å². The summed E-state index contributed by atoms with van der Waals surface area (Å²) in [4.78, 5) is 38.0. The lowest BCUT2D eigenvalue weighted by Gasteiger charge is -2.18. The number of carbonyl (C=O) groups excluding carboxylic acids is 3. The summed E-state index contributed by atoms with van der Waals surface area (Å²) in [5.41, 5.74) is 0. The minimum Gasteiger partial charge on any atom is -0.462 e. The SMILES string of the molecule is CCCCCCCCCCCCCCCCCCCCCC(=O)OC[C@@H](COC(=O)CCCCCCCCCCCCCC)OC(=O)CCCCCCCCCCCCCC. The standard InChI is InChI=1S/C55H106O6/c1-4-7-10-13-16-19-22-25-26-27-28-29-30-31-34-36-39-42-45-48-54(57)60-51-52(61-55(58)49-46-43-40-37-33-24-21-18-15-12-9-6-3)50-59-53(56)47-44-41-38-35-32-23-20-17-14-11-8-5-2/h52H,4-51H2,1-3H3/t52-/m1/s1. The molecule has 0 aromatic heterocycles. The maximum absolute atomic E-state index is 12.8. The molecule has 6 heteroatoms. The van der Waals surface area contributed by atoms with Crippen molar-refractivity contribution in [3.05, 3.63) is 0 Å². The van der Waals surface area contributed by atoms with Crippen molar-refractivity contribution in [1.82, 2.24) is 0 Å². The zero-order valence-corrected chi connectivity index (χ0v) is 41.5. The predicted molar refractivity (Wildman–Crippen MR) is 261 cm³/mol. The molecule has 362 valence electrons. The molecule has 1 atom stereocenters. The molecular weight excluding hydrogens is 757 g/mol. The lowest BCUT2D eigenvalue weighted by Crippen LogP contribution is -2.30. The van der Waals surface area contributed by atoms with E-state index in [-0.39, 0.29) is 31.1 Å². The van der Waals surface area contributed by atoms with Crippen molar-refractivity contribution in [3.63, 3.8) is 0 Å². The van der Waals surface area contributed by atoms with Crippen molar-refractivity contribution in [2.24, 2.45) is 0 Å². The molecule has 0 amide bonds. The third kappa shape index (κ3) is 49.3. The van der Waals surface area contributed by atoms with Crippen molar-refractivity contribution < 1.29 is 28.6 Å². The van der Waals surface area contributed by atoms with Crippen molar-refractivity contribution in [1.29, 1.82) is 0 Å². The summed E-state index contributed by atoms with van der Waals surface area (Å²) in [6.45, 7) is 6.69. The molecule has 0 aliphatic heterocycles. The molecule has 0 radical (unpaired) electrons. The zero-order chi connectivity index (χ0) is 44.4. The Morgan fingerprint density at radius 3 is 0.656 bits per heavy atom. The second-order valence-corrected chi connectivity index (χ2v) is 18.9. The minimum absolute atomic E-state index is 0.0615. The largest absolute Gasteiger partial charge is 0.462 e. The molecular formula is C55H106O6. The van der Waals surface area contributed by atoms with Crippen LogP contribution in [0.5, 0.6) is 0 Å². The highest BCUT2D eigenvalue weighted by atomic mass is 16.6. The highest BCUT2D eigenvalue weighted by Crippen LogP contribution is 2.17. The van der Waals surface area contributed by atoms with Gasteiger partial charge in [0.2, 0.25) is 0 Å². The van der Waals surface area contributed by atoms with Crippen molar-refractivity contribution in [2.75, 3.05) is 13.2 Å². The van der Waals surface area contributed by atoms with Gasteiger partial charge in [-0.1, -0.05) is 278 Å². The average Bonchev–Trinajstić information content (AvgIpc) is 3.26. The quantitative estimate of drug-likeness (QED) is 0.0344. The summed E-state index contributed by atoms with van der Waals surface area (Å²) in [5, 5.41) is 0. The van der Waals surface area contributed by atoms with E-state index in [1.807, 2.05) is 0 Å². The van der Waals surface area contributed by atoms with Gasteiger partial charge in [-0.2, -0.15) is 0 Å². The van der Waals surface area contributed by atoms with Crippen LogP contribution in [0.15, 0.2) is 0 Å². The molecule has 6 nitrogen and oxygen atoms in total. The first-order valence-electron chi connectivity index (χ1n) is 27.5. The number of carbonyl (C=O) groups is 3. The van der Waals surface area contributed by atoms with Gasteiger partial charge in [0.25, 0.3) is 0 Å². The van der Waals surface area contributed by atoms with Gasteiger partial charge in [-0.15, -0.1) is 0 Å². The number of ether oxygens (including phenoxy) is 3. The summed E-state index contributed by atoms with van der Waals surface area (Å²) in [6.07, 6.45) is 55.2. The normalized spacial score (nSPS) is 11.9. The average molecular weight is 863 g/mol. The van der Waals surface area contributed by atoms with Crippen LogP contribution in [0.25, 0.3) is 0 Å². The van der Waals surface area contributed by atoms with Crippen molar-refractivity contribution in [3.8, 4) is 0 Å². The van der Waals surface area contributed by atoms with E-state index < -0.39 is 6.10 Å². The Morgan fingerprint density at radius 1 is 0.262 bits per heavy atom. The highest BCUT2D eigenvalue weighted by Gasteiger charge is 2.19. The van der Waals surface area contributed by atoms with Crippen LogP contribution >= 0.6 is 0 Å². The van der Waals surface area contributed by atoms with Crippen LogP contribution in [0.1, 0.15) is 316 Å². The van der Waals surface area contributed by atoms with E-state index in [9.17, 15) is 14.4 Å².